The SMILES string of the molecule is CCCc1cc(OCc2ccccc2C)n(CC2CCCC2)n1. The molecule has 23 heavy (non-hydrogen) atoms. The Bertz CT molecular complexity index is 626. The van der Waals surface area contributed by atoms with Crippen molar-refractivity contribution in [1.82, 2.24) is 9.78 Å². The summed E-state index contributed by atoms with van der Waals surface area (Å²) in [5.41, 5.74) is 3.69. The Kier molecular flexibility index (Phi) is 5.37. The van der Waals surface area contributed by atoms with E-state index in [0.29, 0.717) is 6.61 Å². The van der Waals surface area contributed by atoms with E-state index in [1.807, 2.05) is 0 Å². The van der Waals surface area contributed by atoms with Crippen LogP contribution in [0.25, 0.3) is 0 Å². The Hall–Kier alpha value is -1.77. The lowest BCUT2D eigenvalue weighted by molar-refractivity contribution is 0.261. The lowest BCUT2D eigenvalue weighted by Crippen LogP contribution is -2.11. The first-order valence-corrected chi connectivity index (χ1v) is 9.00. The Morgan fingerprint density at radius 1 is 1.22 bits per heavy atom. The third-order valence-electron chi connectivity index (χ3n) is 4.84. The van der Waals surface area contributed by atoms with Gasteiger partial charge in [0.15, 0.2) is 0 Å². The zero-order valence-electron chi connectivity index (χ0n) is 14.4. The van der Waals surface area contributed by atoms with Crippen molar-refractivity contribution in [3.05, 3.63) is 47.2 Å². The van der Waals surface area contributed by atoms with Gasteiger partial charge in [0.1, 0.15) is 6.61 Å². The van der Waals surface area contributed by atoms with E-state index in [9.17, 15) is 0 Å². The molecular weight excluding hydrogens is 284 g/mol. The summed E-state index contributed by atoms with van der Waals surface area (Å²) in [6.45, 7) is 5.96. The minimum atomic E-state index is 0.620. The number of aromatic nitrogens is 2. The van der Waals surface area contributed by atoms with Crippen LogP contribution in [0.3, 0.4) is 0 Å². The maximum absolute atomic E-state index is 6.14. The van der Waals surface area contributed by atoms with Crippen LogP contribution in [0.4, 0.5) is 0 Å². The van der Waals surface area contributed by atoms with E-state index in [-0.39, 0.29) is 0 Å². The maximum atomic E-state index is 6.14. The number of hydrogen-bond donors (Lipinski definition) is 0. The molecule has 0 bridgehead atoms. The molecule has 0 saturated heterocycles. The summed E-state index contributed by atoms with van der Waals surface area (Å²) in [6, 6.07) is 10.6. The van der Waals surface area contributed by atoms with Gasteiger partial charge in [-0.1, -0.05) is 50.5 Å². The monoisotopic (exact) mass is 312 g/mol. The van der Waals surface area contributed by atoms with Crippen molar-refractivity contribution >= 4 is 0 Å². The van der Waals surface area contributed by atoms with E-state index >= 15 is 0 Å². The summed E-state index contributed by atoms with van der Waals surface area (Å²) in [6.07, 6.45) is 7.55. The second-order valence-corrected chi connectivity index (χ2v) is 6.77. The van der Waals surface area contributed by atoms with E-state index in [2.05, 4.69) is 48.9 Å². The molecule has 1 aromatic carbocycles. The van der Waals surface area contributed by atoms with Gasteiger partial charge in [-0.15, -0.1) is 0 Å². The third kappa shape index (κ3) is 4.15. The zero-order valence-corrected chi connectivity index (χ0v) is 14.4. The van der Waals surface area contributed by atoms with E-state index in [4.69, 9.17) is 9.84 Å². The highest BCUT2D eigenvalue weighted by molar-refractivity contribution is 5.26. The molecule has 124 valence electrons. The lowest BCUT2D eigenvalue weighted by Gasteiger charge is -2.13. The topological polar surface area (TPSA) is 27.1 Å². The van der Waals surface area contributed by atoms with Gasteiger partial charge in [0, 0.05) is 12.6 Å². The molecule has 1 heterocycles. The Labute approximate surface area is 139 Å². The molecule has 3 rings (SSSR count). The summed E-state index contributed by atoms with van der Waals surface area (Å²) in [5, 5.41) is 4.79. The Balaban J connectivity index is 1.72. The number of hydrogen-bond acceptors (Lipinski definition) is 2. The van der Waals surface area contributed by atoms with Gasteiger partial charge < -0.3 is 4.74 Å². The first-order valence-electron chi connectivity index (χ1n) is 9.00. The molecule has 0 atom stereocenters. The maximum Gasteiger partial charge on any atom is 0.212 e. The molecule has 0 unspecified atom stereocenters. The highest BCUT2D eigenvalue weighted by Crippen LogP contribution is 2.28. The summed E-state index contributed by atoms with van der Waals surface area (Å²) in [7, 11) is 0. The van der Waals surface area contributed by atoms with Crippen LogP contribution >= 0.6 is 0 Å². The number of aryl methyl sites for hydroxylation is 2. The van der Waals surface area contributed by atoms with Crippen molar-refractivity contribution in [3.8, 4) is 5.88 Å². The van der Waals surface area contributed by atoms with Crippen LogP contribution < -0.4 is 4.74 Å². The third-order valence-corrected chi connectivity index (χ3v) is 4.84. The highest BCUT2D eigenvalue weighted by atomic mass is 16.5. The highest BCUT2D eigenvalue weighted by Gasteiger charge is 2.18. The lowest BCUT2D eigenvalue weighted by atomic mass is 10.1. The second-order valence-electron chi connectivity index (χ2n) is 6.77. The van der Waals surface area contributed by atoms with E-state index in [1.165, 1.54) is 36.8 Å². The van der Waals surface area contributed by atoms with E-state index in [1.54, 1.807) is 0 Å². The number of benzene rings is 1. The summed E-state index contributed by atoms with van der Waals surface area (Å²) in [4.78, 5) is 0. The molecule has 0 N–H and O–H groups in total. The predicted octanol–water partition coefficient (Wildman–Crippen LogP) is 4.91. The fraction of sp³-hybridized carbons (Fsp3) is 0.550. The van der Waals surface area contributed by atoms with E-state index < -0.39 is 0 Å². The van der Waals surface area contributed by atoms with Gasteiger partial charge in [-0.2, -0.15) is 5.10 Å². The number of ether oxygens (including phenoxy) is 1. The van der Waals surface area contributed by atoms with Gasteiger partial charge in [0.05, 0.1) is 5.69 Å². The second kappa shape index (κ2) is 7.67. The molecule has 3 heteroatoms. The van der Waals surface area contributed by atoms with Gasteiger partial charge in [-0.3, -0.25) is 0 Å². The summed E-state index contributed by atoms with van der Waals surface area (Å²) >= 11 is 0. The van der Waals surface area contributed by atoms with Crippen LogP contribution in [-0.2, 0) is 19.6 Å². The fourth-order valence-electron chi connectivity index (χ4n) is 3.44. The zero-order chi connectivity index (χ0) is 16.1. The first-order chi connectivity index (χ1) is 11.3. The average molecular weight is 312 g/mol. The van der Waals surface area contributed by atoms with E-state index in [0.717, 1.165) is 36.9 Å². The standard InChI is InChI=1S/C20H28N2O/c1-3-8-19-13-20(22(21-19)14-17-10-5-6-11-17)23-15-18-12-7-4-9-16(18)2/h4,7,9,12-13,17H,3,5-6,8,10-11,14-15H2,1-2H3. The fourth-order valence-corrected chi connectivity index (χ4v) is 3.44. The predicted molar refractivity (Wildman–Crippen MR) is 93.7 cm³/mol. The Morgan fingerprint density at radius 2 is 2.00 bits per heavy atom. The van der Waals surface area contributed by atoms with Crippen LogP contribution in [0.15, 0.2) is 30.3 Å². The molecule has 1 saturated carbocycles. The normalized spacial score (nSPS) is 15.2. The van der Waals surface area contributed by atoms with Crippen LogP contribution in [0.5, 0.6) is 5.88 Å². The van der Waals surface area contributed by atoms with Crippen LogP contribution in [0.1, 0.15) is 55.8 Å². The molecule has 0 amide bonds. The van der Waals surface area contributed by atoms with Crippen molar-refractivity contribution in [2.45, 2.75) is 65.5 Å². The molecular formula is C20H28N2O. The van der Waals surface area contributed by atoms with Crippen LogP contribution in [-0.4, -0.2) is 9.78 Å². The molecule has 0 aliphatic heterocycles. The van der Waals surface area contributed by atoms with Crippen molar-refractivity contribution < 1.29 is 4.74 Å². The summed E-state index contributed by atoms with van der Waals surface area (Å²) in [5.74, 6) is 1.70. The quantitative estimate of drug-likeness (QED) is 0.726. The molecule has 2 aromatic rings. The van der Waals surface area contributed by atoms with Gasteiger partial charge >= 0.3 is 0 Å². The van der Waals surface area contributed by atoms with Gasteiger partial charge in [-0.25, -0.2) is 4.68 Å². The van der Waals surface area contributed by atoms with Crippen LogP contribution in [0.2, 0.25) is 0 Å². The Morgan fingerprint density at radius 3 is 2.74 bits per heavy atom. The molecule has 0 radical (unpaired) electrons. The first kappa shape index (κ1) is 16.1. The minimum absolute atomic E-state index is 0.620. The molecule has 1 fully saturated rings. The van der Waals surface area contributed by atoms with Gasteiger partial charge in [0.2, 0.25) is 5.88 Å². The molecule has 1 aliphatic rings. The van der Waals surface area contributed by atoms with Gasteiger partial charge in [-0.05, 0) is 43.2 Å². The molecule has 1 aliphatic carbocycles. The minimum Gasteiger partial charge on any atom is -0.473 e. The molecule has 1 aromatic heterocycles. The van der Waals surface area contributed by atoms with Crippen molar-refractivity contribution in [2.75, 3.05) is 0 Å². The molecule has 0 spiro atoms. The smallest absolute Gasteiger partial charge is 0.212 e. The average Bonchev–Trinajstić information content (AvgIpc) is 3.18. The largest absolute Gasteiger partial charge is 0.473 e. The van der Waals surface area contributed by atoms with Crippen molar-refractivity contribution in [1.29, 1.82) is 0 Å². The molecule has 3 nitrogen and oxygen atoms in total. The summed E-state index contributed by atoms with van der Waals surface area (Å²) < 4.78 is 8.25. The number of nitrogens with zero attached hydrogens (tertiary/aromatic N) is 2. The van der Waals surface area contributed by atoms with Crippen LogP contribution in [0, 0.1) is 12.8 Å². The van der Waals surface area contributed by atoms with Gasteiger partial charge in [0.25, 0.3) is 0 Å². The van der Waals surface area contributed by atoms with Crippen molar-refractivity contribution in [2.24, 2.45) is 5.92 Å². The van der Waals surface area contributed by atoms with Crippen molar-refractivity contribution in [3.63, 3.8) is 0 Å². The number of rotatable bonds is 7.